The molecule has 0 N–H and O–H groups in total. The van der Waals surface area contributed by atoms with Crippen LogP contribution >= 0.6 is 0 Å². The molecule has 0 aliphatic heterocycles. The number of hydrogen-bond acceptors (Lipinski definition) is 1. The molecule has 0 aromatic heterocycles. The molecule has 0 heterocycles. The Labute approximate surface area is 99.0 Å². The van der Waals surface area contributed by atoms with Gasteiger partial charge in [0, 0.05) is 21.8 Å². The van der Waals surface area contributed by atoms with Crippen molar-refractivity contribution in [2.24, 2.45) is 11.8 Å². The van der Waals surface area contributed by atoms with E-state index in [4.69, 9.17) is 0 Å². The zero-order valence-corrected chi connectivity index (χ0v) is 10.0. The third-order valence-corrected chi connectivity index (χ3v) is 5.54. The average Bonchev–Trinajstić information content (AvgIpc) is 2.92. The fourth-order valence-corrected chi connectivity index (χ4v) is 4.67. The van der Waals surface area contributed by atoms with Gasteiger partial charge < -0.3 is 0 Å². The number of rotatable bonds is 3. The number of benzene rings is 1. The Balaban J connectivity index is 1.69. The molecule has 1 fully saturated rings. The van der Waals surface area contributed by atoms with E-state index in [2.05, 4.69) is 24.3 Å². The van der Waals surface area contributed by atoms with Gasteiger partial charge in [0.05, 0.1) is 0 Å². The predicted octanol–water partition coefficient (Wildman–Crippen LogP) is 2.90. The Bertz CT molecular complexity index is 424. The summed E-state index contributed by atoms with van der Waals surface area (Å²) in [4.78, 5) is 0. The summed E-state index contributed by atoms with van der Waals surface area (Å²) >= 11 is 0. The molecule has 2 bridgehead atoms. The molecule has 0 radical (unpaired) electrons. The first-order valence-corrected chi connectivity index (χ1v) is 7.30. The monoisotopic (exact) mass is 232 g/mol. The molecule has 1 saturated carbocycles. The highest BCUT2D eigenvalue weighted by Crippen LogP contribution is 2.42. The lowest BCUT2D eigenvalue weighted by atomic mass is 10.1. The highest BCUT2D eigenvalue weighted by Gasteiger charge is 2.38. The van der Waals surface area contributed by atoms with Gasteiger partial charge >= 0.3 is 0 Å². The minimum Gasteiger partial charge on any atom is -0.259 e. The van der Waals surface area contributed by atoms with Crippen molar-refractivity contribution in [1.82, 2.24) is 0 Å². The fourth-order valence-electron chi connectivity index (χ4n) is 2.88. The van der Waals surface area contributed by atoms with Crippen LogP contribution in [-0.4, -0.2) is 9.46 Å². The van der Waals surface area contributed by atoms with E-state index in [0.29, 0.717) is 11.2 Å². The van der Waals surface area contributed by atoms with Crippen LogP contribution in [0, 0.1) is 11.8 Å². The highest BCUT2D eigenvalue weighted by molar-refractivity contribution is 7.84. The molecule has 0 unspecified atom stereocenters. The minimum absolute atomic E-state index is 0.412. The van der Waals surface area contributed by atoms with E-state index in [-0.39, 0.29) is 0 Å². The SMILES string of the molecule is O=[S@](Cc1ccccc1)[C@H]1C[C@H]2C=C[C@@H]1C2. The molecule has 0 amide bonds. The lowest BCUT2D eigenvalue weighted by Gasteiger charge is -2.17. The Morgan fingerprint density at radius 2 is 1.94 bits per heavy atom. The molecule has 0 saturated heterocycles. The first kappa shape index (κ1) is 10.3. The summed E-state index contributed by atoms with van der Waals surface area (Å²) in [6.07, 6.45) is 6.97. The molecule has 3 rings (SSSR count). The first-order chi connectivity index (χ1) is 7.83. The summed E-state index contributed by atoms with van der Waals surface area (Å²) in [6, 6.07) is 10.2. The first-order valence-electron chi connectivity index (χ1n) is 5.92. The molecule has 4 atom stereocenters. The molecule has 2 heteroatoms. The van der Waals surface area contributed by atoms with Gasteiger partial charge in [-0.05, 0) is 30.2 Å². The molecule has 2 aliphatic rings. The summed E-state index contributed by atoms with van der Waals surface area (Å²) in [5.41, 5.74) is 1.20. The molecular weight excluding hydrogens is 216 g/mol. The van der Waals surface area contributed by atoms with Gasteiger partial charge in [-0.3, -0.25) is 4.21 Å². The van der Waals surface area contributed by atoms with Crippen molar-refractivity contribution in [2.45, 2.75) is 23.8 Å². The summed E-state index contributed by atoms with van der Waals surface area (Å²) < 4.78 is 12.3. The number of fused-ring (bicyclic) bond motifs is 2. The van der Waals surface area contributed by atoms with Crippen LogP contribution in [-0.2, 0) is 16.6 Å². The molecule has 1 nitrogen and oxygen atoms in total. The maximum absolute atomic E-state index is 12.3. The van der Waals surface area contributed by atoms with E-state index in [1.165, 1.54) is 12.0 Å². The summed E-state index contributed by atoms with van der Waals surface area (Å²) in [5.74, 6) is 2.03. The van der Waals surface area contributed by atoms with Gasteiger partial charge in [-0.1, -0.05) is 42.5 Å². The Morgan fingerprint density at radius 3 is 2.56 bits per heavy atom. The molecule has 84 valence electrons. The standard InChI is InChI=1S/C14H16OS/c15-16(10-11-4-2-1-3-5-11)14-9-12-6-7-13(14)8-12/h1-7,12-14H,8-10H2/t12-,13+,14-,16+/m0/s1. The quantitative estimate of drug-likeness (QED) is 0.732. The lowest BCUT2D eigenvalue weighted by molar-refractivity contribution is 0.640. The van der Waals surface area contributed by atoms with Gasteiger partial charge in [0.1, 0.15) is 0 Å². The van der Waals surface area contributed by atoms with Crippen LogP contribution in [0.5, 0.6) is 0 Å². The van der Waals surface area contributed by atoms with Crippen LogP contribution < -0.4 is 0 Å². The van der Waals surface area contributed by atoms with E-state index in [9.17, 15) is 4.21 Å². The van der Waals surface area contributed by atoms with E-state index in [1.54, 1.807) is 0 Å². The molecule has 1 aromatic rings. The van der Waals surface area contributed by atoms with Gasteiger partial charge in [0.2, 0.25) is 0 Å². The normalized spacial score (nSPS) is 33.1. The second-order valence-corrected chi connectivity index (χ2v) is 6.49. The number of hydrogen-bond donors (Lipinski definition) is 0. The second-order valence-electron chi connectivity index (χ2n) is 4.83. The minimum atomic E-state index is -0.697. The molecule has 1 aromatic carbocycles. The van der Waals surface area contributed by atoms with E-state index in [1.807, 2.05) is 18.2 Å². The summed E-state index contributed by atoms with van der Waals surface area (Å²) in [7, 11) is -0.697. The predicted molar refractivity (Wildman–Crippen MR) is 67.4 cm³/mol. The van der Waals surface area contributed by atoms with Crippen molar-refractivity contribution in [2.75, 3.05) is 0 Å². The smallest absolute Gasteiger partial charge is 0.0488 e. The van der Waals surface area contributed by atoms with Crippen LogP contribution in [0.25, 0.3) is 0 Å². The van der Waals surface area contributed by atoms with Gasteiger partial charge in [0.15, 0.2) is 0 Å². The van der Waals surface area contributed by atoms with Gasteiger partial charge in [0.25, 0.3) is 0 Å². The van der Waals surface area contributed by atoms with Gasteiger partial charge in [-0.15, -0.1) is 0 Å². The average molecular weight is 232 g/mol. The van der Waals surface area contributed by atoms with Crippen molar-refractivity contribution >= 4 is 10.8 Å². The molecule has 16 heavy (non-hydrogen) atoms. The van der Waals surface area contributed by atoms with Crippen molar-refractivity contribution < 1.29 is 4.21 Å². The maximum atomic E-state index is 12.3. The van der Waals surface area contributed by atoms with Crippen molar-refractivity contribution in [3.8, 4) is 0 Å². The van der Waals surface area contributed by atoms with E-state index < -0.39 is 10.8 Å². The van der Waals surface area contributed by atoms with Crippen LogP contribution in [0.1, 0.15) is 18.4 Å². The second kappa shape index (κ2) is 4.17. The summed E-state index contributed by atoms with van der Waals surface area (Å²) in [5, 5.41) is 0.412. The van der Waals surface area contributed by atoms with E-state index >= 15 is 0 Å². The summed E-state index contributed by atoms with van der Waals surface area (Å²) in [6.45, 7) is 0. The lowest BCUT2D eigenvalue weighted by Crippen LogP contribution is -2.21. The van der Waals surface area contributed by atoms with Crippen LogP contribution in [0.15, 0.2) is 42.5 Å². The third-order valence-electron chi connectivity index (χ3n) is 3.71. The van der Waals surface area contributed by atoms with Crippen molar-refractivity contribution in [1.29, 1.82) is 0 Å². The topological polar surface area (TPSA) is 17.1 Å². The highest BCUT2D eigenvalue weighted by atomic mass is 32.2. The Kier molecular flexibility index (Phi) is 2.68. The van der Waals surface area contributed by atoms with Crippen LogP contribution in [0.3, 0.4) is 0 Å². The van der Waals surface area contributed by atoms with Crippen molar-refractivity contribution in [3.63, 3.8) is 0 Å². The van der Waals surface area contributed by atoms with Crippen LogP contribution in [0.2, 0.25) is 0 Å². The molecular formula is C14H16OS. The maximum Gasteiger partial charge on any atom is 0.0488 e. The van der Waals surface area contributed by atoms with Gasteiger partial charge in [-0.25, -0.2) is 0 Å². The molecule has 0 spiro atoms. The number of allylic oxidation sites excluding steroid dienone is 2. The zero-order valence-electron chi connectivity index (χ0n) is 9.21. The Hall–Kier alpha value is -0.890. The zero-order chi connectivity index (χ0) is 11.0. The third kappa shape index (κ3) is 1.86. The fraction of sp³-hybridized carbons (Fsp3) is 0.429. The molecule has 2 aliphatic carbocycles. The van der Waals surface area contributed by atoms with Gasteiger partial charge in [-0.2, -0.15) is 0 Å². The largest absolute Gasteiger partial charge is 0.259 e. The van der Waals surface area contributed by atoms with E-state index in [0.717, 1.165) is 18.1 Å². The Morgan fingerprint density at radius 1 is 1.12 bits per heavy atom. The van der Waals surface area contributed by atoms with Crippen LogP contribution in [0.4, 0.5) is 0 Å². The van der Waals surface area contributed by atoms with Crippen molar-refractivity contribution in [3.05, 3.63) is 48.0 Å².